The minimum atomic E-state index is 0.512. The predicted octanol–water partition coefficient (Wildman–Crippen LogP) is 4.59. The third-order valence-electron chi connectivity index (χ3n) is 2.75. The standard InChI is InChI=1S/C16H11ClN2O/c17-14-6-7-16(19-11-14)20-15-5-1-3-12(9-15)13-4-2-8-18-10-13/h1-11H. The van der Waals surface area contributed by atoms with Gasteiger partial charge >= 0.3 is 0 Å². The molecule has 0 radical (unpaired) electrons. The van der Waals surface area contributed by atoms with E-state index in [0.717, 1.165) is 16.9 Å². The van der Waals surface area contributed by atoms with Crippen molar-refractivity contribution in [2.24, 2.45) is 0 Å². The normalized spacial score (nSPS) is 10.2. The number of hydrogen-bond acceptors (Lipinski definition) is 3. The molecule has 0 aliphatic heterocycles. The van der Waals surface area contributed by atoms with Crippen LogP contribution in [0.1, 0.15) is 0 Å². The quantitative estimate of drug-likeness (QED) is 0.705. The Balaban J connectivity index is 1.86. The minimum absolute atomic E-state index is 0.512. The molecule has 0 saturated carbocycles. The molecule has 2 heterocycles. The van der Waals surface area contributed by atoms with E-state index in [-0.39, 0.29) is 0 Å². The van der Waals surface area contributed by atoms with Crippen LogP contribution in [0.2, 0.25) is 5.02 Å². The van der Waals surface area contributed by atoms with Gasteiger partial charge in [-0.05, 0) is 29.8 Å². The first kappa shape index (κ1) is 12.6. The Morgan fingerprint density at radius 2 is 1.80 bits per heavy atom. The summed E-state index contributed by atoms with van der Waals surface area (Å²) in [4.78, 5) is 8.23. The van der Waals surface area contributed by atoms with Crippen molar-refractivity contribution in [3.05, 3.63) is 72.1 Å². The zero-order chi connectivity index (χ0) is 13.8. The molecule has 3 nitrogen and oxygen atoms in total. The second-order valence-corrected chi connectivity index (χ2v) is 4.62. The number of benzene rings is 1. The van der Waals surface area contributed by atoms with Gasteiger partial charge in [0.1, 0.15) is 5.75 Å². The van der Waals surface area contributed by atoms with Gasteiger partial charge in [0.15, 0.2) is 0 Å². The second kappa shape index (κ2) is 5.72. The van der Waals surface area contributed by atoms with Crippen LogP contribution >= 0.6 is 11.6 Å². The van der Waals surface area contributed by atoms with Crippen molar-refractivity contribution in [1.82, 2.24) is 9.97 Å². The van der Waals surface area contributed by atoms with Crippen molar-refractivity contribution in [2.75, 3.05) is 0 Å². The van der Waals surface area contributed by atoms with Crippen LogP contribution < -0.4 is 4.74 Å². The van der Waals surface area contributed by atoms with Gasteiger partial charge < -0.3 is 4.74 Å². The molecule has 0 aliphatic carbocycles. The van der Waals surface area contributed by atoms with Crippen molar-refractivity contribution in [1.29, 1.82) is 0 Å². The van der Waals surface area contributed by atoms with Crippen molar-refractivity contribution in [3.63, 3.8) is 0 Å². The van der Waals surface area contributed by atoms with Crippen LogP contribution in [-0.2, 0) is 0 Å². The zero-order valence-electron chi connectivity index (χ0n) is 10.5. The van der Waals surface area contributed by atoms with Gasteiger partial charge in [0.05, 0.1) is 5.02 Å². The molecule has 3 rings (SSSR count). The number of nitrogens with zero attached hydrogens (tertiary/aromatic N) is 2. The van der Waals surface area contributed by atoms with Crippen LogP contribution in [0, 0.1) is 0 Å². The minimum Gasteiger partial charge on any atom is -0.439 e. The van der Waals surface area contributed by atoms with E-state index in [9.17, 15) is 0 Å². The van der Waals surface area contributed by atoms with Gasteiger partial charge in [-0.1, -0.05) is 29.8 Å². The molecule has 0 fully saturated rings. The molecule has 0 unspecified atom stereocenters. The van der Waals surface area contributed by atoms with E-state index in [1.807, 2.05) is 42.6 Å². The molecule has 4 heteroatoms. The van der Waals surface area contributed by atoms with E-state index in [0.29, 0.717) is 10.9 Å². The largest absolute Gasteiger partial charge is 0.439 e. The van der Waals surface area contributed by atoms with Gasteiger partial charge in [-0.3, -0.25) is 4.98 Å². The molecule has 98 valence electrons. The maximum absolute atomic E-state index is 5.79. The molecule has 0 aliphatic rings. The molecule has 20 heavy (non-hydrogen) atoms. The highest BCUT2D eigenvalue weighted by molar-refractivity contribution is 6.30. The summed E-state index contributed by atoms with van der Waals surface area (Å²) in [7, 11) is 0. The zero-order valence-corrected chi connectivity index (χ0v) is 11.3. The number of rotatable bonds is 3. The van der Waals surface area contributed by atoms with Crippen molar-refractivity contribution in [3.8, 4) is 22.8 Å². The van der Waals surface area contributed by atoms with E-state index < -0.39 is 0 Å². The number of hydrogen-bond donors (Lipinski definition) is 0. The highest BCUT2D eigenvalue weighted by Crippen LogP contribution is 2.26. The number of aromatic nitrogens is 2. The maximum atomic E-state index is 5.79. The van der Waals surface area contributed by atoms with E-state index in [2.05, 4.69) is 9.97 Å². The first-order valence-electron chi connectivity index (χ1n) is 6.11. The molecule has 2 aromatic heterocycles. The van der Waals surface area contributed by atoms with Crippen LogP contribution in [0.3, 0.4) is 0 Å². The van der Waals surface area contributed by atoms with Crippen LogP contribution in [0.15, 0.2) is 67.1 Å². The van der Waals surface area contributed by atoms with Crippen LogP contribution in [-0.4, -0.2) is 9.97 Å². The smallest absolute Gasteiger partial charge is 0.219 e. The van der Waals surface area contributed by atoms with Crippen LogP contribution in [0.4, 0.5) is 0 Å². The van der Waals surface area contributed by atoms with Gasteiger partial charge in [0.2, 0.25) is 5.88 Å². The van der Waals surface area contributed by atoms with Gasteiger partial charge in [0, 0.05) is 30.2 Å². The van der Waals surface area contributed by atoms with Crippen LogP contribution in [0.5, 0.6) is 11.6 Å². The fourth-order valence-electron chi connectivity index (χ4n) is 1.82. The maximum Gasteiger partial charge on any atom is 0.219 e. The Kier molecular flexibility index (Phi) is 3.61. The summed E-state index contributed by atoms with van der Waals surface area (Å²) in [5.74, 6) is 1.24. The molecular weight excluding hydrogens is 272 g/mol. The average molecular weight is 283 g/mol. The molecule has 0 N–H and O–H groups in total. The first-order chi connectivity index (χ1) is 9.81. The van der Waals surface area contributed by atoms with Crippen LogP contribution in [0.25, 0.3) is 11.1 Å². The molecule has 0 amide bonds. The summed E-state index contributed by atoms with van der Waals surface area (Å²) >= 11 is 5.79. The lowest BCUT2D eigenvalue weighted by atomic mass is 10.1. The van der Waals surface area contributed by atoms with Crippen molar-refractivity contribution in [2.45, 2.75) is 0 Å². The summed E-state index contributed by atoms with van der Waals surface area (Å²) in [6, 6.07) is 15.2. The van der Waals surface area contributed by atoms with Crippen molar-refractivity contribution < 1.29 is 4.74 Å². The van der Waals surface area contributed by atoms with Gasteiger partial charge in [-0.25, -0.2) is 4.98 Å². The lowest BCUT2D eigenvalue weighted by molar-refractivity contribution is 0.463. The Morgan fingerprint density at radius 3 is 2.55 bits per heavy atom. The van der Waals surface area contributed by atoms with Gasteiger partial charge in [-0.2, -0.15) is 0 Å². The fraction of sp³-hybridized carbons (Fsp3) is 0. The molecule has 1 aromatic carbocycles. The number of halogens is 1. The Morgan fingerprint density at radius 1 is 0.900 bits per heavy atom. The topological polar surface area (TPSA) is 35.0 Å². The molecule has 3 aromatic rings. The van der Waals surface area contributed by atoms with Crippen molar-refractivity contribution >= 4 is 11.6 Å². The summed E-state index contributed by atoms with van der Waals surface area (Å²) in [5, 5.41) is 0.585. The molecule has 0 saturated heterocycles. The van der Waals surface area contributed by atoms with E-state index in [1.165, 1.54) is 0 Å². The third kappa shape index (κ3) is 2.95. The van der Waals surface area contributed by atoms with E-state index in [1.54, 1.807) is 24.5 Å². The highest BCUT2D eigenvalue weighted by atomic mass is 35.5. The predicted molar refractivity (Wildman–Crippen MR) is 79.0 cm³/mol. The average Bonchev–Trinajstić information content (AvgIpc) is 2.51. The summed E-state index contributed by atoms with van der Waals surface area (Å²) < 4.78 is 5.71. The second-order valence-electron chi connectivity index (χ2n) is 4.19. The summed E-state index contributed by atoms with van der Waals surface area (Å²) in [6.45, 7) is 0. The fourth-order valence-corrected chi connectivity index (χ4v) is 1.93. The number of pyridine rings is 2. The SMILES string of the molecule is Clc1ccc(Oc2cccc(-c3cccnc3)c2)nc1. The van der Waals surface area contributed by atoms with Gasteiger partial charge in [-0.15, -0.1) is 0 Å². The molecule has 0 atom stereocenters. The summed E-state index contributed by atoms with van der Waals surface area (Å²) in [6.07, 6.45) is 5.13. The molecular formula is C16H11ClN2O. The first-order valence-corrected chi connectivity index (χ1v) is 6.49. The number of ether oxygens (including phenoxy) is 1. The van der Waals surface area contributed by atoms with Gasteiger partial charge in [0.25, 0.3) is 0 Å². The lowest BCUT2D eigenvalue weighted by Gasteiger charge is -2.07. The molecule has 0 spiro atoms. The lowest BCUT2D eigenvalue weighted by Crippen LogP contribution is -1.88. The Bertz CT molecular complexity index is 699. The Labute approximate surface area is 121 Å². The van der Waals surface area contributed by atoms with E-state index in [4.69, 9.17) is 16.3 Å². The monoisotopic (exact) mass is 282 g/mol. The summed E-state index contributed by atoms with van der Waals surface area (Å²) in [5.41, 5.74) is 2.09. The third-order valence-corrected chi connectivity index (χ3v) is 2.98. The molecule has 0 bridgehead atoms. The highest BCUT2D eigenvalue weighted by Gasteiger charge is 2.02. The Hall–Kier alpha value is -2.39. The van der Waals surface area contributed by atoms with E-state index >= 15 is 0 Å².